The molecular weight excluding hydrogens is 292 g/mol. The van der Waals surface area contributed by atoms with Crippen molar-refractivity contribution in [3.05, 3.63) is 0 Å². The van der Waals surface area contributed by atoms with Gasteiger partial charge < -0.3 is 29.5 Å². The normalized spacial score (nSPS) is 12.5. The fourth-order valence-electron chi connectivity index (χ4n) is 1.89. The Labute approximate surface area is 132 Å². The highest BCUT2D eigenvalue weighted by Crippen LogP contribution is 2.09. The Kier molecular flexibility index (Phi) is 16.1. The van der Waals surface area contributed by atoms with Crippen molar-refractivity contribution in [2.24, 2.45) is 0 Å². The van der Waals surface area contributed by atoms with Crippen molar-refractivity contribution in [2.45, 2.75) is 44.6 Å². The highest BCUT2D eigenvalue weighted by atomic mass is 16.5. The molecule has 132 valence electrons. The average Bonchev–Trinajstić information content (AvgIpc) is 2.50. The lowest BCUT2D eigenvalue weighted by atomic mass is 10.1. The SMILES string of the molecule is O=C(O)CCCCCCC(CO)OCCOCCOCCO. The van der Waals surface area contributed by atoms with Crippen LogP contribution >= 0.6 is 0 Å². The van der Waals surface area contributed by atoms with Crippen molar-refractivity contribution < 1.29 is 34.3 Å². The summed E-state index contributed by atoms with van der Waals surface area (Å²) in [5, 5.41) is 26.2. The number of aliphatic carboxylic acids is 1. The van der Waals surface area contributed by atoms with Crippen molar-refractivity contribution in [1.29, 1.82) is 0 Å². The van der Waals surface area contributed by atoms with Gasteiger partial charge in [0.2, 0.25) is 0 Å². The molecule has 1 unspecified atom stereocenters. The van der Waals surface area contributed by atoms with E-state index in [9.17, 15) is 9.90 Å². The van der Waals surface area contributed by atoms with Gasteiger partial charge in [0.25, 0.3) is 0 Å². The number of hydrogen-bond acceptors (Lipinski definition) is 6. The molecule has 0 aliphatic rings. The minimum absolute atomic E-state index is 0.0115. The van der Waals surface area contributed by atoms with Gasteiger partial charge in [0.1, 0.15) is 0 Å². The average molecular weight is 322 g/mol. The van der Waals surface area contributed by atoms with Crippen LogP contribution in [0.2, 0.25) is 0 Å². The molecule has 22 heavy (non-hydrogen) atoms. The number of ether oxygens (including phenoxy) is 3. The van der Waals surface area contributed by atoms with Gasteiger partial charge >= 0.3 is 5.97 Å². The predicted molar refractivity (Wildman–Crippen MR) is 80.9 cm³/mol. The van der Waals surface area contributed by atoms with Gasteiger partial charge in [-0.2, -0.15) is 0 Å². The van der Waals surface area contributed by atoms with Gasteiger partial charge in [-0.05, 0) is 12.8 Å². The van der Waals surface area contributed by atoms with E-state index in [0.29, 0.717) is 39.5 Å². The summed E-state index contributed by atoms with van der Waals surface area (Å²) in [5.74, 6) is -0.752. The summed E-state index contributed by atoms with van der Waals surface area (Å²) in [5.41, 5.74) is 0. The molecule has 0 aliphatic carbocycles. The third kappa shape index (κ3) is 15.7. The van der Waals surface area contributed by atoms with Gasteiger partial charge in [-0.1, -0.05) is 19.3 Å². The second-order valence-electron chi connectivity index (χ2n) is 4.97. The van der Waals surface area contributed by atoms with E-state index in [4.69, 9.17) is 24.4 Å². The fourth-order valence-corrected chi connectivity index (χ4v) is 1.89. The van der Waals surface area contributed by atoms with E-state index >= 15 is 0 Å². The van der Waals surface area contributed by atoms with Crippen LogP contribution in [0.3, 0.4) is 0 Å². The lowest BCUT2D eigenvalue weighted by molar-refractivity contribution is -0.137. The third-order valence-electron chi connectivity index (χ3n) is 3.06. The Morgan fingerprint density at radius 2 is 1.50 bits per heavy atom. The number of aliphatic hydroxyl groups excluding tert-OH is 2. The molecule has 0 spiro atoms. The molecule has 0 saturated heterocycles. The van der Waals surface area contributed by atoms with E-state index in [1.165, 1.54) is 0 Å². The standard InChI is InChI=1S/C15H30O7/c16-7-8-20-9-10-21-11-12-22-14(13-17)5-3-1-2-4-6-15(18)19/h14,16-17H,1-13H2,(H,18,19). The minimum atomic E-state index is -0.752. The first-order chi connectivity index (χ1) is 10.7. The number of aliphatic hydroxyl groups is 2. The molecule has 0 aromatic heterocycles. The van der Waals surface area contributed by atoms with E-state index in [1.54, 1.807) is 0 Å². The van der Waals surface area contributed by atoms with Crippen molar-refractivity contribution in [3.63, 3.8) is 0 Å². The first-order valence-electron chi connectivity index (χ1n) is 7.91. The van der Waals surface area contributed by atoms with E-state index in [2.05, 4.69) is 0 Å². The molecule has 1 atom stereocenters. The molecule has 0 radical (unpaired) electrons. The molecule has 0 aliphatic heterocycles. The molecule has 0 aromatic rings. The lowest BCUT2D eigenvalue weighted by Crippen LogP contribution is -2.20. The zero-order valence-corrected chi connectivity index (χ0v) is 13.2. The van der Waals surface area contributed by atoms with Gasteiger partial charge in [-0.3, -0.25) is 4.79 Å². The second-order valence-corrected chi connectivity index (χ2v) is 4.97. The molecule has 0 rings (SSSR count). The number of carboxylic acids is 1. The molecule has 0 bridgehead atoms. The first-order valence-corrected chi connectivity index (χ1v) is 7.91. The number of hydrogen-bond donors (Lipinski definition) is 3. The quantitative estimate of drug-likeness (QED) is 0.340. The summed E-state index contributed by atoms with van der Waals surface area (Å²) in [7, 11) is 0. The van der Waals surface area contributed by atoms with Gasteiger partial charge in [-0.15, -0.1) is 0 Å². The van der Waals surface area contributed by atoms with E-state index in [1.807, 2.05) is 0 Å². The molecule has 0 heterocycles. The van der Waals surface area contributed by atoms with Crippen molar-refractivity contribution >= 4 is 5.97 Å². The summed E-state index contributed by atoms with van der Waals surface area (Å²) >= 11 is 0. The Morgan fingerprint density at radius 3 is 2.14 bits per heavy atom. The molecule has 7 nitrogen and oxygen atoms in total. The van der Waals surface area contributed by atoms with Crippen LogP contribution in [0.4, 0.5) is 0 Å². The van der Waals surface area contributed by atoms with E-state index < -0.39 is 5.97 Å². The third-order valence-corrected chi connectivity index (χ3v) is 3.06. The van der Waals surface area contributed by atoms with Crippen LogP contribution < -0.4 is 0 Å². The van der Waals surface area contributed by atoms with Crippen molar-refractivity contribution in [1.82, 2.24) is 0 Å². The van der Waals surface area contributed by atoms with Gasteiger partial charge in [0.15, 0.2) is 0 Å². The summed E-state index contributed by atoms with van der Waals surface area (Å²) < 4.78 is 15.8. The highest BCUT2D eigenvalue weighted by molar-refractivity contribution is 5.66. The van der Waals surface area contributed by atoms with Crippen LogP contribution in [0.5, 0.6) is 0 Å². The molecular formula is C15H30O7. The Balaban J connectivity index is 3.34. The van der Waals surface area contributed by atoms with Crippen LogP contribution in [-0.2, 0) is 19.0 Å². The fraction of sp³-hybridized carbons (Fsp3) is 0.933. The van der Waals surface area contributed by atoms with Crippen molar-refractivity contribution in [2.75, 3.05) is 46.2 Å². The lowest BCUT2D eigenvalue weighted by Gasteiger charge is -2.15. The molecule has 0 fully saturated rings. The second kappa shape index (κ2) is 16.6. The number of rotatable bonds is 17. The zero-order valence-electron chi connectivity index (χ0n) is 13.2. The molecule has 0 saturated carbocycles. The smallest absolute Gasteiger partial charge is 0.303 e. The van der Waals surface area contributed by atoms with Gasteiger partial charge in [-0.25, -0.2) is 0 Å². The molecule has 0 aromatic carbocycles. The minimum Gasteiger partial charge on any atom is -0.481 e. The highest BCUT2D eigenvalue weighted by Gasteiger charge is 2.07. The van der Waals surface area contributed by atoms with Gasteiger partial charge in [0, 0.05) is 6.42 Å². The summed E-state index contributed by atoms with van der Waals surface area (Å²) in [6.07, 6.45) is 4.26. The maximum Gasteiger partial charge on any atom is 0.303 e. The topological polar surface area (TPSA) is 105 Å². The maximum atomic E-state index is 10.3. The summed E-state index contributed by atoms with van der Waals surface area (Å²) in [6, 6.07) is 0. The van der Waals surface area contributed by atoms with E-state index in [0.717, 1.165) is 25.7 Å². The molecule has 7 heteroatoms. The van der Waals surface area contributed by atoms with E-state index in [-0.39, 0.29) is 25.7 Å². The Hall–Kier alpha value is -0.730. The van der Waals surface area contributed by atoms with Gasteiger partial charge in [0.05, 0.1) is 52.4 Å². The zero-order chi connectivity index (χ0) is 16.5. The van der Waals surface area contributed by atoms with Crippen molar-refractivity contribution in [3.8, 4) is 0 Å². The predicted octanol–water partition coefficient (Wildman–Crippen LogP) is 0.815. The summed E-state index contributed by atoms with van der Waals surface area (Å²) in [4.78, 5) is 10.3. The van der Waals surface area contributed by atoms with Crippen LogP contribution in [0, 0.1) is 0 Å². The number of carbonyl (C=O) groups is 1. The maximum absolute atomic E-state index is 10.3. The van der Waals surface area contributed by atoms with Crippen LogP contribution in [0.15, 0.2) is 0 Å². The largest absolute Gasteiger partial charge is 0.481 e. The molecule has 0 amide bonds. The first kappa shape index (κ1) is 21.3. The Bertz CT molecular complexity index is 248. The summed E-state index contributed by atoms with van der Waals surface area (Å²) in [6.45, 7) is 2.07. The van der Waals surface area contributed by atoms with Crippen LogP contribution in [-0.4, -0.2) is 73.6 Å². The molecule has 3 N–H and O–H groups in total. The van der Waals surface area contributed by atoms with Crippen LogP contribution in [0.25, 0.3) is 0 Å². The van der Waals surface area contributed by atoms with Crippen LogP contribution in [0.1, 0.15) is 38.5 Å². The number of carboxylic acid groups (broad SMARTS) is 1. The Morgan fingerprint density at radius 1 is 0.864 bits per heavy atom. The monoisotopic (exact) mass is 322 g/mol. The number of unbranched alkanes of at least 4 members (excludes halogenated alkanes) is 3.